The molecule has 4 aromatic rings. The van der Waals surface area contributed by atoms with E-state index in [4.69, 9.17) is 10.00 Å². The second-order valence-electron chi connectivity index (χ2n) is 8.73. The number of nitriles is 1. The number of halogens is 3. The normalized spacial score (nSPS) is 15.4. The number of carbonyl (C=O) groups is 1. The van der Waals surface area contributed by atoms with Gasteiger partial charge in [-0.2, -0.15) is 23.5 Å². The number of hydrogen-bond donors (Lipinski definition) is 1. The van der Waals surface area contributed by atoms with Gasteiger partial charge in [0, 0.05) is 6.61 Å². The Morgan fingerprint density at radius 2 is 1.92 bits per heavy atom. The number of nitrogens with zero attached hydrogens (tertiary/aromatic N) is 5. The number of imidazole rings is 1. The monoisotopic (exact) mass is 522 g/mol. The van der Waals surface area contributed by atoms with Gasteiger partial charge in [0.05, 0.1) is 58.8 Å². The van der Waals surface area contributed by atoms with Crippen LogP contribution in [0.25, 0.3) is 22.8 Å². The fourth-order valence-electron chi connectivity index (χ4n) is 4.47. The third-order valence-corrected chi connectivity index (χ3v) is 6.30. The molecule has 1 atom stereocenters. The molecule has 9 nitrogen and oxygen atoms in total. The molecule has 0 bridgehead atoms. The topological polar surface area (TPSA) is 107 Å². The first-order valence-corrected chi connectivity index (χ1v) is 11.6. The first-order chi connectivity index (χ1) is 18.2. The molecule has 0 unspecified atom stereocenters. The Kier molecular flexibility index (Phi) is 6.38. The first-order valence-electron chi connectivity index (χ1n) is 11.6. The summed E-state index contributed by atoms with van der Waals surface area (Å²) in [4.78, 5) is 27.1. The van der Waals surface area contributed by atoms with Crippen LogP contribution in [0, 0.1) is 18.3 Å². The number of hydrogen-bond acceptors (Lipinski definition) is 5. The van der Waals surface area contributed by atoms with E-state index in [0.717, 1.165) is 21.3 Å². The van der Waals surface area contributed by atoms with Crippen molar-refractivity contribution >= 4 is 6.03 Å². The molecule has 12 heteroatoms. The fraction of sp³-hybridized carbons (Fsp3) is 0.231. The number of benzene rings is 2. The summed E-state index contributed by atoms with van der Waals surface area (Å²) in [6, 6.07) is 13.5. The van der Waals surface area contributed by atoms with E-state index in [0.29, 0.717) is 30.0 Å². The second-order valence-corrected chi connectivity index (χ2v) is 8.73. The van der Waals surface area contributed by atoms with E-state index in [1.165, 1.54) is 23.0 Å². The van der Waals surface area contributed by atoms with Gasteiger partial charge in [0.25, 0.3) is 0 Å². The van der Waals surface area contributed by atoms with E-state index in [1.807, 2.05) is 6.07 Å². The minimum absolute atomic E-state index is 0.0382. The number of aromatic nitrogens is 4. The van der Waals surface area contributed by atoms with Crippen molar-refractivity contribution in [1.29, 1.82) is 5.26 Å². The molecule has 2 aromatic heterocycles. The molecule has 0 saturated carbocycles. The van der Waals surface area contributed by atoms with Crippen molar-refractivity contribution < 1.29 is 22.7 Å². The van der Waals surface area contributed by atoms with Crippen LogP contribution in [0.2, 0.25) is 0 Å². The van der Waals surface area contributed by atoms with Crippen LogP contribution in [-0.2, 0) is 10.9 Å². The molecule has 2 aromatic carbocycles. The van der Waals surface area contributed by atoms with Crippen molar-refractivity contribution in [1.82, 2.24) is 24.2 Å². The van der Waals surface area contributed by atoms with E-state index < -0.39 is 23.5 Å². The summed E-state index contributed by atoms with van der Waals surface area (Å²) in [6.07, 6.45) is -2.58. The smallest absolute Gasteiger partial charge is 0.379 e. The van der Waals surface area contributed by atoms with Gasteiger partial charge in [-0.05, 0) is 61.9 Å². The number of amides is 1. The zero-order valence-corrected chi connectivity index (χ0v) is 20.1. The SMILES string of the molecule is Cc1c(-c2ccnn2-c2ccc(C#N)cc2)n(C(=O)N[C@H]2CCOC2)c(=O)n1-c1cccc(C(F)(F)F)c1. The molecule has 0 aliphatic carbocycles. The highest BCUT2D eigenvalue weighted by molar-refractivity contribution is 5.83. The predicted molar refractivity (Wildman–Crippen MR) is 130 cm³/mol. The quantitative estimate of drug-likeness (QED) is 0.436. The average molecular weight is 522 g/mol. The molecular formula is C26H21F3N6O3. The molecule has 38 heavy (non-hydrogen) atoms. The molecule has 5 rings (SSSR count). The van der Waals surface area contributed by atoms with Crippen molar-refractivity contribution in [3.63, 3.8) is 0 Å². The number of nitrogens with one attached hydrogen (secondary N) is 1. The molecule has 1 amide bonds. The van der Waals surface area contributed by atoms with Crippen LogP contribution in [0.15, 0.2) is 65.6 Å². The summed E-state index contributed by atoms with van der Waals surface area (Å²) in [5.41, 5.74) is -0.0559. The molecular weight excluding hydrogens is 501 g/mol. The van der Waals surface area contributed by atoms with Gasteiger partial charge in [-0.1, -0.05) is 6.07 Å². The molecule has 1 aliphatic rings. The minimum Gasteiger partial charge on any atom is -0.379 e. The summed E-state index contributed by atoms with van der Waals surface area (Å²) in [6.45, 7) is 2.30. The fourth-order valence-corrected chi connectivity index (χ4v) is 4.47. The van der Waals surface area contributed by atoms with Crippen LogP contribution in [-0.4, -0.2) is 44.2 Å². The van der Waals surface area contributed by atoms with E-state index in [9.17, 15) is 22.8 Å². The second kappa shape index (κ2) is 9.68. The molecule has 0 spiro atoms. The molecule has 194 valence electrons. The van der Waals surface area contributed by atoms with E-state index in [2.05, 4.69) is 10.4 Å². The maximum atomic E-state index is 13.7. The van der Waals surface area contributed by atoms with Crippen LogP contribution >= 0.6 is 0 Å². The van der Waals surface area contributed by atoms with Gasteiger partial charge in [-0.15, -0.1) is 0 Å². The van der Waals surface area contributed by atoms with Gasteiger partial charge < -0.3 is 10.1 Å². The Bertz CT molecular complexity index is 1600. The van der Waals surface area contributed by atoms with Crippen LogP contribution in [0.5, 0.6) is 0 Å². The maximum absolute atomic E-state index is 13.7. The highest BCUT2D eigenvalue weighted by Crippen LogP contribution is 2.32. The number of alkyl halides is 3. The van der Waals surface area contributed by atoms with Crippen molar-refractivity contribution in [2.45, 2.75) is 25.6 Å². The zero-order chi connectivity index (χ0) is 27.0. The molecule has 1 aliphatic heterocycles. The Morgan fingerprint density at radius 3 is 2.58 bits per heavy atom. The van der Waals surface area contributed by atoms with Crippen molar-refractivity contribution in [3.8, 4) is 28.8 Å². The Morgan fingerprint density at radius 1 is 1.16 bits per heavy atom. The van der Waals surface area contributed by atoms with Crippen LogP contribution in [0.1, 0.15) is 23.2 Å². The lowest BCUT2D eigenvalue weighted by Gasteiger charge is -2.14. The van der Waals surface area contributed by atoms with Gasteiger partial charge in [0.15, 0.2) is 0 Å². The third kappa shape index (κ3) is 4.48. The summed E-state index contributed by atoms with van der Waals surface area (Å²) in [5, 5.41) is 16.2. The zero-order valence-electron chi connectivity index (χ0n) is 20.1. The van der Waals surface area contributed by atoms with Crippen LogP contribution < -0.4 is 11.0 Å². The highest BCUT2D eigenvalue weighted by Gasteiger charge is 2.32. The lowest BCUT2D eigenvalue weighted by Crippen LogP contribution is -2.42. The molecule has 3 heterocycles. The Labute approximate surface area is 214 Å². The predicted octanol–water partition coefficient (Wildman–Crippen LogP) is 4.04. The lowest BCUT2D eigenvalue weighted by atomic mass is 10.2. The summed E-state index contributed by atoms with van der Waals surface area (Å²) >= 11 is 0. The molecule has 0 radical (unpaired) electrons. The maximum Gasteiger partial charge on any atom is 0.416 e. The van der Waals surface area contributed by atoms with E-state index >= 15 is 0 Å². The standard InChI is InChI=1S/C26H21F3N6O3/c1-16-23(22-9-11-31-35(22)20-7-5-17(14-30)6-8-20)34(24(36)32-19-10-12-38-15-19)25(37)33(16)21-4-2-3-18(13-21)26(27,28)29/h2-9,11,13,19H,10,12,15H2,1H3,(H,32,36)/t19-/m0/s1. The highest BCUT2D eigenvalue weighted by atomic mass is 19.4. The van der Waals surface area contributed by atoms with Crippen molar-refractivity contribution in [2.75, 3.05) is 13.2 Å². The van der Waals surface area contributed by atoms with Gasteiger partial charge in [-0.25, -0.2) is 18.8 Å². The number of ether oxygens (including phenoxy) is 1. The van der Waals surface area contributed by atoms with E-state index in [1.54, 1.807) is 37.3 Å². The van der Waals surface area contributed by atoms with Gasteiger partial charge in [0.2, 0.25) is 0 Å². The molecule has 1 N–H and O–H groups in total. The Hall–Kier alpha value is -4.63. The largest absolute Gasteiger partial charge is 0.416 e. The van der Waals surface area contributed by atoms with Gasteiger partial charge in [-0.3, -0.25) is 4.57 Å². The van der Waals surface area contributed by atoms with Crippen molar-refractivity contribution in [2.24, 2.45) is 0 Å². The van der Waals surface area contributed by atoms with Crippen LogP contribution in [0.3, 0.4) is 0 Å². The van der Waals surface area contributed by atoms with E-state index in [-0.39, 0.29) is 29.7 Å². The average Bonchev–Trinajstić information content (AvgIpc) is 3.63. The minimum atomic E-state index is -4.62. The van der Waals surface area contributed by atoms with Gasteiger partial charge in [0.1, 0.15) is 5.69 Å². The van der Waals surface area contributed by atoms with Gasteiger partial charge >= 0.3 is 17.9 Å². The third-order valence-electron chi connectivity index (χ3n) is 6.30. The first kappa shape index (κ1) is 25.0. The molecule has 1 saturated heterocycles. The summed E-state index contributed by atoms with van der Waals surface area (Å²) in [7, 11) is 0. The summed E-state index contributed by atoms with van der Waals surface area (Å²) < 4.78 is 49.1. The number of rotatable bonds is 4. The van der Waals surface area contributed by atoms with Crippen molar-refractivity contribution in [3.05, 3.63) is 88.1 Å². The lowest BCUT2D eigenvalue weighted by molar-refractivity contribution is -0.137. The number of carbonyl (C=O) groups excluding carboxylic acids is 1. The Balaban J connectivity index is 1.71. The summed E-state index contributed by atoms with van der Waals surface area (Å²) in [5.74, 6) is 0. The van der Waals surface area contributed by atoms with Crippen LogP contribution in [0.4, 0.5) is 18.0 Å². The molecule has 1 fully saturated rings.